The number of carbonyl (C=O) groups is 1. The molecule has 1 aromatic heterocycles. The Bertz CT molecular complexity index is 1110. The number of rotatable bonds is 6. The lowest BCUT2D eigenvalue weighted by atomic mass is 10.0. The summed E-state index contributed by atoms with van der Waals surface area (Å²) in [6.45, 7) is 0.0850. The molecule has 0 aliphatic rings. The summed E-state index contributed by atoms with van der Waals surface area (Å²) in [5, 5.41) is 6.46. The number of aromatic nitrogens is 2. The van der Waals surface area contributed by atoms with Crippen LogP contribution < -0.4 is 4.74 Å². The molecule has 4 aromatic rings. The number of nitrogens with zero attached hydrogens (tertiary/aromatic N) is 2. The molecule has 0 saturated heterocycles. The Kier molecular flexibility index (Phi) is 4.85. The summed E-state index contributed by atoms with van der Waals surface area (Å²) < 4.78 is 11.0. The molecule has 0 bridgehead atoms. The number of hydrogen-bond acceptors (Lipinski definition) is 5. The highest BCUT2D eigenvalue weighted by molar-refractivity contribution is 6.30. The third-order valence-electron chi connectivity index (χ3n) is 4.16. The molecule has 0 spiro atoms. The van der Waals surface area contributed by atoms with E-state index in [9.17, 15) is 4.79 Å². The molecule has 6 heteroatoms. The van der Waals surface area contributed by atoms with Crippen molar-refractivity contribution in [1.82, 2.24) is 10.1 Å². The monoisotopic (exact) mass is 378 g/mol. The molecule has 5 nitrogen and oxygen atoms in total. The van der Waals surface area contributed by atoms with Crippen molar-refractivity contribution in [3.8, 4) is 5.75 Å². The van der Waals surface area contributed by atoms with Gasteiger partial charge in [0.05, 0.1) is 5.56 Å². The summed E-state index contributed by atoms with van der Waals surface area (Å²) in [5.41, 5.74) is 1.50. The summed E-state index contributed by atoms with van der Waals surface area (Å²) in [6, 6.07) is 18.8. The highest BCUT2D eigenvalue weighted by Crippen LogP contribution is 2.27. The second-order valence-electron chi connectivity index (χ2n) is 6.02. The number of benzene rings is 3. The van der Waals surface area contributed by atoms with E-state index < -0.39 is 0 Å². The molecule has 0 atom stereocenters. The maximum absolute atomic E-state index is 11.5. The van der Waals surface area contributed by atoms with Gasteiger partial charge in [0.2, 0.25) is 0 Å². The van der Waals surface area contributed by atoms with Crippen molar-refractivity contribution >= 4 is 28.7 Å². The van der Waals surface area contributed by atoms with Crippen molar-refractivity contribution in [3.05, 3.63) is 88.5 Å². The first-order valence-electron chi connectivity index (χ1n) is 8.38. The summed E-state index contributed by atoms with van der Waals surface area (Å²) in [4.78, 5) is 15.9. The minimum Gasteiger partial charge on any atom is -0.483 e. The lowest BCUT2D eigenvalue weighted by molar-refractivity contribution is 0.111. The zero-order valence-corrected chi connectivity index (χ0v) is 15.0. The predicted octanol–water partition coefficient (Wildman–Crippen LogP) is 4.86. The zero-order chi connectivity index (χ0) is 18.6. The average Bonchev–Trinajstić information content (AvgIpc) is 3.13. The van der Waals surface area contributed by atoms with Crippen LogP contribution in [0.4, 0.5) is 0 Å². The van der Waals surface area contributed by atoms with Crippen LogP contribution in [0.2, 0.25) is 5.02 Å². The second kappa shape index (κ2) is 7.60. The number of ether oxygens (including phenoxy) is 1. The minimum absolute atomic E-state index is 0.0850. The molecule has 134 valence electrons. The van der Waals surface area contributed by atoms with E-state index in [1.165, 1.54) is 0 Å². The Morgan fingerprint density at radius 1 is 1.07 bits per heavy atom. The molecule has 0 amide bonds. The highest BCUT2D eigenvalue weighted by Gasteiger charge is 2.12. The fraction of sp³-hybridized carbons (Fsp3) is 0.0952. The van der Waals surface area contributed by atoms with Gasteiger partial charge in [0.25, 0.3) is 5.89 Å². The fourth-order valence-electron chi connectivity index (χ4n) is 2.91. The van der Waals surface area contributed by atoms with Crippen molar-refractivity contribution in [2.24, 2.45) is 0 Å². The first-order valence-corrected chi connectivity index (χ1v) is 8.76. The van der Waals surface area contributed by atoms with Crippen molar-refractivity contribution in [1.29, 1.82) is 0 Å². The second-order valence-corrected chi connectivity index (χ2v) is 6.45. The van der Waals surface area contributed by atoms with Gasteiger partial charge in [-0.3, -0.25) is 4.79 Å². The van der Waals surface area contributed by atoms with Crippen LogP contribution in [0.5, 0.6) is 5.75 Å². The molecule has 0 aliphatic heterocycles. The van der Waals surface area contributed by atoms with Crippen LogP contribution in [0.3, 0.4) is 0 Å². The Morgan fingerprint density at radius 2 is 1.96 bits per heavy atom. The SMILES string of the molecule is O=Cc1c(OCc2nc(Cc3cccc(Cl)c3)no2)ccc2ccccc12. The lowest BCUT2D eigenvalue weighted by Crippen LogP contribution is -2.00. The van der Waals surface area contributed by atoms with Gasteiger partial charge in [-0.15, -0.1) is 0 Å². The van der Waals surface area contributed by atoms with Gasteiger partial charge in [-0.05, 0) is 34.5 Å². The molecule has 1 heterocycles. The minimum atomic E-state index is 0.0850. The average molecular weight is 379 g/mol. The Labute approximate surface area is 160 Å². The van der Waals surface area contributed by atoms with Gasteiger partial charge < -0.3 is 9.26 Å². The predicted molar refractivity (Wildman–Crippen MR) is 102 cm³/mol. The van der Waals surface area contributed by atoms with Crippen molar-refractivity contribution in [2.45, 2.75) is 13.0 Å². The van der Waals surface area contributed by atoms with E-state index in [4.69, 9.17) is 20.9 Å². The van der Waals surface area contributed by atoms with Crippen LogP contribution in [0.15, 0.2) is 65.2 Å². The summed E-state index contributed by atoms with van der Waals surface area (Å²) in [6.07, 6.45) is 1.32. The van der Waals surface area contributed by atoms with Crippen LogP contribution in [-0.2, 0) is 13.0 Å². The molecular weight excluding hydrogens is 364 g/mol. The number of fused-ring (bicyclic) bond motifs is 1. The van der Waals surface area contributed by atoms with Gasteiger partial charge in [0.15, 0.2) is 18.7 Å². The Hall–Kier alpha value is -3.18. The molecule has 3 aromatic carbocycles. The highest BCUT2D eigenvalue weighted by atomic mass is 35.5. The summed E-state index contributed by atoms with van der Waals surface area (Å²) in [7, 11) is 0. The molecule has 0 aliphatic carbocycles. The quantitative estimate of drug-likeness (QED) is 0.448. The van der Waals surface area contributed by atoms with Gasteiger partial charge in [0, 0.05) is 11.4 Å². The van der Waals surface area contributed by atoms with E-state index in [1.807, 2.05) is 54.6 Å². The maximum atomic E-state index is 11.5. The topological polar surface area (TPSA) is 65.2 Å². The van der Waals surface area contributed by atoms with E-state index in [1.54, 1.807) is 6.07 Å². The third kappa shape index (κ3) is 3.83. The van der Waals surface area contributed by atoms with E-state index in [2.05, 4.69) is 10.1 Å². The van der Waals surface area contributed by atoms with E-state index in [0.717, 1.165) is 22.6 Å². The van der Waals surface area contributed by atoms with Crippen LogP contribution in [0, 0.1) is 0 Å². The Morgan fingerprint density at radius 3 is 2.81 bits per heavy atom. The number of halogens is 1. The van der Waals surface area contributed by atoms with Crippen LogP contribution in [-0.4, -0.2) is 16.4 Å². The number of carbonyl (C=O) groups excluding carboxylic acids is 1. The molecule has 0 saturated carbocycles. The molecule has 0 fully saturated rings. The van der Waals surface area contributed by atoms with Gasteiger partial charge in [-0.2, -0.15) is 4.98 Å². The molecule has 27 heavy (non-hydrogen) atoms. The Balaban J connectivity index is 1.49. The normalized spacial score (nSPS) is 10.9. The number of hydrogen-bond donors (Lipinski definition) is 0. The van der Waals surface area contributed by atoms with Gasteiger partial charge in [0.1, 0.15) is 5.75 Å². The van der Waals surface area contributed by atoms with Crippen molar-refractivity contribution in [2.75, 3.05) is 0 Å². The zero-order valence-electron chi connectivity index (χ0n) is 14.3. The molecule has 0 unspecified atom stereocenters. The smallest absolute Gasteiger partial charge is 0.264 e. The first-order chi connectivity index (χ1) is 13.2. The molecule has 4 rings (SSSR count). The van der Waals surface area contributed by atoms with Crippen LogP contribution in [0.1, 0.15) is 27.6 Å². The largest absolute Gasteiger partial charge is 0.483 e. The van der Waals surface area contributed by atoms with E-state index in [-0.39, 0.29) is 6.61 Å². The fourth-order valence-corrected chi connectivity index (χ4v) is 3.13. The van der Waals surface area contributed by atoms with Crippen molar-refractivity contribution < 1.29 is 14.1 Å². The van der Waals surface area contributed by atoms with E-state index in [0.29, 0.717) is 34.5 Å². The first kappa shape index (κ1) is 17.2. The van der Waals surface area contributed by atoms with Crippen LogP contribution >= 0.6 is 11.6 Å². The van der Waals surface area contributed by atoms with Crippen molar-refractivity contribution in [3.63, 3.8) is 0 Å². The summed E-state index contributed by atoms with van der Waals surface area (Å²) in [5.74, 6) is 1.38. The van der Waals surface area contributed by atoms with Gasteiger partial charge >= 0.3 is 0 Å². The standard InChI is InChI=1S/C21H15ClN2O3/c22-16-6-3-4-14(10-16)11-20-23-21(27-24-20)13-26-19-9-8-15-5-1-2-7-17(15)18(19)12-25/h1-10,12H,11,13H2. The van der Waals surface area contributed by atoms with Gasteiger partial charge in [-0.1, -0.05) is 59.2 Å². The summed E-state index contributed by atoms with van der Waals surface area (Å²) >= 11 is 5.99. The van der Waals surface area contributed by atoms with Crippen LogP contribution in [0.25, 0.3) is 10.8 Å². The van der Waals surface area contributed by atoms with Gasteiger partial charge in [-0.25, -0.2) is 0 Å². The maximum Gasteiger partial charge on any atom is 0.264 e. The molecule has 0 radical (unpaired) electrons. The molecular formula is C21H15ClN2O3. The molecule has 0 N–H and O–H groups in total. The lowest BCUT2D eigenvalue weighted by Gasteiger charge is -2.08. The third-order valence-corrected chi connectivity index (χ3v) is 4.40. The van der Waals surface area contributed by atoms with E-state index >= 15 is 0 Å². The number of aldehydes is 1.